The van der Waals surface area contributed by atoms with Gasteiger partial charge in [0.25, 0.3) is 5.91 Å². The zero-order valence-electron chi connectivity index (χ0n) is 15.6. The number of halogens is 2. The summed E-state index contributed by atoms with van der Waals surface area (Å²) in [6.45, 7) is 1.75. The third kappa shape index (κ3) is 4.85. The predicted molar refractivity (Wildman–Crippen MR) is 124 cm³/mol. The molecule has 1 aliphatic rings. The van der Waals surface area contributed by atoms with Gasteiger partial charge in [-0.2, -0.15) is 0 Å². The average Bonchev–Trinajstić information content (AvgIpc) is 3.01. The Morgan fingerprint density at radius 1 is 1.13 bits per heavy atom. The number of thioether (sulfide) groups is 1. The number of hydrogen-bond donors (Lipinski definition) is 2. The standard InChI is InChI=1S/C21H15Br2NO5S/c1-2-29-21(28)16-18(26)15(10-11-8-13(22)17(25)14(23)9-11)30-20(16)24-19(27)12-6-4-3-5-7-12/h3-10,25-26H,2H2,1H3/b15-10-,24-20?. The van der Waals surface area contributed by atoms with Gasteiger partial charge >= 0.3 is 5.97 Å². The summed E-state index contributed by atoms with van der Waals surface area (Å²) in [5.74, 6) is -1.58. The predicted octanol–water partition coefficient (Wildman–Crippen LogP) is 5.62. The van der Waals surface area contributed by atoms with Crippen LogP contribution in [0.2, 0.25) is 0 Å². The number of aliphatic imine (C=N–C) groups is 1. The monoisotopic (exact) mass is 551 g/mol. The van der Waals surface area contributed by atoms with E-state index in [9.17, 15) is 19.8 Å². The van der Waals surface area contributed by atoms with E-state index < -0.39 is 11.9 Å². The van der Waals surface area contributed by atoms with Crippen molar-refractivity contribution in [2.75, 3.05) is 6.61 Å². The molecule has 0 bridgehead atoms. The maximum Gasteiger partial charge on any atom is 0.344 e. The molecule has 154 valence electrons. The molecule has 0 atom stereocenters. The van der Waals surface area contributed by atoms with Gasteiger partial charge in [-0.25, -0.2) is 9.79 Å². The molecule has 0 unspecified atom stereocenters. The average molecular weight is 553 g/mol. The van der Waals surface area contributed by atoms with Crippen LogP contribution >= 0.6 is 43.6 Å². The highest BCUT2D eigenvalue weighted by atomic mass is 79.9. The highest BCUT2D eigenvalue weighted by Gasteiger charge is 2.34. The fourth-order valence-electron chi connectivity index (χ4n) is 2.55. The van der Waals surface area contributed by atoms with Crippen molar-refractivity contribution in [1.82, 2.24) is 0 Å². The van der Waals surface area contributed by atoms with Gasteiger partial charge in [0.2, 0.25) is 0 Å². The molecule has 0 aromatic heterocycles. The van der Waals surface area contributed by atoms with Crippen molar-refractivity contribution in [3.63, 3.8) is 0 Å². The van der Waals surface area contributed by atoms with Crippen LogP contribution < -0.4 is 0 Å². The number of phenolic OH excluding ortho intramolecular Hbond substituents is 1. The van der Waals surface area contributed by atoms with E-state index in [1.165, 1.54) is 0 Å². The van der Waals surface area contributed by atoms with Gasteiger partial charge in [0.05, 0.1) is 20.5 Å². The number of esters is 1. The zero-order valence-corrected chi connectivity index (χ0v) is 19.5. The molecule has 0 saturated heterocycles. The Hall–Kier alpha value is -2.36. The highest BCUT2D eigenvalue weighted by Crippen LogP contribution is 2.41. The summed E-state index contributed by atoms with van der Waals surface area (Å²) in [6, 6.07) is 11.7. The minimum Gasteiger partial charge on any atom is -0.506 e. The molecule has 2 N–H and O–H groups in total. The van der Waals surface area contributed by atoms with Crippen molar-refractivity contribution in [1.29, 1.82) is 0 Å². The number of rotatable bonds is 4. The first-order chi connectivity index (χ1) is 14.3. The van der Waals surface area contributed by atoms with Crippen LogP contribution in [0.25, 0.3) is 6.08 Å². The molecule has 2 aromatic carbocycles. The quantitative estimate of drug-likeness (QED) is 0.478. The Kier molecular flexibility index (Phi) is 7.17. The summed E-state index contributed by atoms with van der Waals surface area (Å²) >= 11 is 7.50. The number of carbonyl (C=O) groups excluding carboxylic acids is 2. The van der Waals surface area contributed by atoms with E-state index in [0.717, 1.165) is 11.8 Å². The number of amides is 1. The summed E-state index contributed by atoms with van der Waals surface area (Å²) < 4.78 is 5.93. The van der Waals surface area contributed by atoms with Crippen LogP contribution in [0, 0.1) is 0 Å². The number of ether oxygens (including phenoxy) is 1. The highest BCUT2D eigenvalue weighted by molar-refractivity contribution is 9.11. The second-order valence-corrected chi connectivity index (χ2v) is 8.72. The van der Waals surface area contributed by atoms with Gasteiger partial charge in [-0.3, -0.25) is 4.79 Å². The third-order valence-corrected chi connectivity index (χ3v) is 6.16. The smallest absolute Gasteiger partial charge is 0.344 e. The van der Waals surface area contributed by atoms with Crippen molar-refractivity contribution in [2.24, 2.45) is 4.99 Å². The van der Waals surface area contributed by atoms with Crippen LogP contribution in [0.1, 0.15) is 22.8 Å². The number of aromatic hydroxyl groups is 1. The molecule has 1 amide bonds. The van der Waals surface area contributed by atoms with Gasteiger partial charge in [0.1, 0.15) is 22.1 Å². The van der Waals surface area contributed by atoms with E-state index in [1.807, 2.05) is 0 Å². The Morgan fingerprint density at radius 2 is 1.77 bits per heavy atom. The lowest BCUT2D eigenvalue weighted by Crippen LogP contribution is -2.14. The van der Waals surface area contributed by atoms with Crippen LogP contribution in [0.3, 0.4) is 0 Å². The normalized spacial score (nSPS) is 16.4. The minimum atomic E-state index is -0.765. The molecule has 1 heterocycles. The van der Waals surface area contributed by atoms with Crippen LogP contribution in [0.15, 0.2) is 72.6 Å². The second-order valence-electron chi connectivity index (χ2n) is 5.98. The van der Waals surface area contributed by atoms with Gasteiger partial charge in [0, 0.05) is 5.56 Å². The molecule has 0 aliphatic carbocycles. The number of benzene rings is 2. The van der Waals surface area contributed by atoms with Crippen molar-refractivity contribution in [3.05, 3.63) is 78.8 Å². The van der Waals surface area contributed by atoms with Crippen LogP contribution in [-0.2, 0) is 9.53 Å². The fraction of sp³-hybridized carbons (Fsp3) is 0.0952. The molecule has 3 rings (SSSR count). The molecule has 1 aliphatic heterocycles. The number of carbonyl (C=O) groups is 2. The summed E-state index contributed by atoms with van der Waals surface area (Å²) in [5, 5.41) is 20.6. The maximum absolute atomic E-state index is 12.5. The number of aliphatic hydroxyl groups excluding tert-OH is 1. The van der Waals surface area contributed by atoms with E-state index in [-0.39, 0.29) is 28.7 Å². The lowest BCUT2D eigenvalue weighted by Gasteiger charge is -2.04. The van der Waals surface area contributed by atoms with Crippen molar-refractivity contribution in [3.8, 4) is 5.75 Å². The van der Waals surface area contributed by atoms with Crippen LogP contribution in [-0.4, -0.2) is 33.7 Å². The van der Waals surface area contributed by atoms with Gasteiger partial charge in [0.15, 0.2) is 0 Å². The van der Waals surface area contributed by atoms with Crippen LogP contribution in [0.5, 0.6) is 5.75 Å². The van der Waals surface area contributed by atoms with E-state index in [4.69, 9.17) is 4.74 Å². The topological polar surface area (TPSA) is 96.2 Å². The second kappa shape index (κ2) is 9.63. The zero-order chi connectivity index (χ0) is 21.8. The minimum absolute atomic E-state index is 0.0407. The summed E-state index contributed by atoms with van der Waals surface area (Å²) in [4.78, 5) is 29.3. The van der Waals surface area contributed by atoms with E-state index in [0.29, 0.717) is 25.0 Å². The first-order valence-electron chi connectivity index (χ1n) is 8.68. The van der Waals surface area contributed by atoms with E-state index in [2.05, 4.69) is 36.9 Å². The molecule has 6 nitrogen and oxygen atoms in total. The van der Waals surface area contributed by atoms with E-state index in [1.54, 1.807) is 55.5 Å². The lowest BCUT2D eigenvalue weighted by molar-refractivity contribution is -0.138. The molecule has 9 heteroatoms. The number of hydrogen-bond acceptors (Lipinski definition) is 6. The number of phenols is 1. The fourth-order valence-corrected chi connectivity index (χ4v) is 4.78. The number of aliphatic hydroxyl groups is 1. The molecule has 0 radical (unpaired) electrons. The Morgan fingerprint density at radius 3 is 2.37 bits per heavy atom. The van der Waals surface area contributed by atoms with Crippen molar-refractivity contribution in [2.45, 2.75) is 6.92 Å². The van der Waals surface area contributed by atoms with Gasteiger partial charge in [-0.1, -0.05) is 30.0 Å². The first kappa shape index (κ1) is 22.3. The molecule has 0 fully saturated rings. The molecule has 2 aromatic rings. The van der Waals surface area contributed by atoms with Crippen molar-refractivity contribution >= 4 is 66.6 Å². The Labute approximate surface area is 193 Å². The largest absolute Gasteiger partial charge is 0.506 e. The van der Waals surface area contributed by atoms with Gasteiger partial charge < -0.3 is 14.9 Å². The summed E-state index contributed by atoms with van der Waals surface area (Å²) in [6.07, 6.45) is 1.61. The molecular weight excluding hydrogens is 538 g/mol. The van der Waals surface area contributed by atoms with Gasteiger partial charge in [-0.05, 0) is 74.7 Å². The van der Waals surface area contributed by atoms with Crippen molar-refractivity contribution < 1.29 is 24.5 Å². The maximum atomic E-state index is 12.5. The first-order valence-corrected chi connectivity index (χ1v) is 11.1. The van der Waals surface area contributed by atoms with Gasteiger partial charge in [-0.15, -0.1) is 0 Å². The molecule has 30 heavy (non-hydrogen) atoms. The van der Waals surface area contributed by atoms with E-state index >= 15 is 0 Å². The molecule has 0 saturated carbocycles. The Bertz CT molecular complexity index is 1090. The van der Waals surface area contributed by atoms with Crippen LogP contribution in [0.4, 0.5) is 0 Å². The third-order valence-electron chi connectivity index (χ3n) is 3.93. The molecular formula is C21H15Br2NO5S. The molecule has 0 spiro atoms. The Balaban J connectivity index is 2.04. The SMILES string of the molecule is CCOC(=O)C1=C(O)/C(=C/c2cc(Br)c(O)c(Br)c2)SC1=NC(=O)c1ccccc1. The lowest BCUT2D eigenvalue weighted by atomic mass is 10.1. The number of nitrogens with zero attached hydrogens (tertiary/aromatic N) is 1. The summed E-state index contributed by atoms with van der Waals surface area (Å²) in [7, 11) is 0. The summed E-state index contributed by atoms with van der Waals surface area (Å²) in [5.41, 5.74) is 0.839.